The Hall–Kier alpha value is -1.46. The van der Waals surface area contributed by atoms with Crippen LogP contribution in [0, 0.1) is 0 Å². The zero-order valence-electron chi connectivity index (χ0n) is 12.6. The van der Waals surface area contributed by atoms with Gasteiger partial charge in [0.05, 0.1) is 0 Å². The van der Waals surface area contributed by atoms with Crippen LogP contribution in [-0.2, 0) is 5.41 Å². The fourth-order valence-electron chi connectivity index (χ4n) is 1.74. The van der Waals surface area contributed by atoms with Crippen LogP contribution < -0.4 is 9.47 Å². The maximum Gasteiger partial charge on any atom is 0.573 e. The first kappa shape index (κ1) is 17.6. The van der Waals surface area contributed by atoms with E-state index in [9.17, 15) is 17.6 Å². The predicted octanol–water partition coefficient (Wildman–Crippen LogP) is 5.01. The van der Waals surface area contributed by atoms with E-state index in [2.05, 4.69) is 4.74 Å². The smallest absolute Gasteiger partial charge is 0.490 e. The lowest BCUT2D eigenvalue weighted by Crippen LogP contribution is -2.19. The summed E-state index contributed by atoms with van der Waals surface area (Å²) >= 11 is 0. The highest BCUT2D eigenvalue weighted by molar-refractivity contribution is 5.44. The van der Waals surface area contributed by atoms with Crippen LogP contribution in [0.15, 0.2) is 18.2 Å². The molecule has 0 bridgehead atoms. The van der Waals surface area contributed by atoms with E-state index < -0.39 is 12.5 Å². The zero-order chi connectivity index (χ0) is 16.3. The Morgan fingerprint density at radius 3 is 2.24 bits per heavy atom. The number of alkyl halides is 4. The van der Waals surface area contributed by atoms with Crippen molar-refractivity contribution in [3.63, 3.8) is 0 Å². The van der Waals surface area contributed by atoms with Crippen LogP contribution in [0.5, 0.6) is 11.5 Å². The van der Waals surface area contributed by atoms with Crippen LogP contribution in [0.4, 0.5) is 17.6 Å². The maximum absolute atomic E-state index is 13.3. The van der Waals surface area contributed by atoms with E-state index in [1.54, 1.807) is 6.92 Å². The van der Waals surface area contributed by atoms with E-state index in [0.717, 1.165) is 6.07 Å². The second kappa shape index (κ2) is 6.54. The Kier molecular flexibility index (Phi) is 5.48. The standard InChI is InChI=1S/C15H20F4O2/c1-5-10(16)9-20-13-8-11(21-15(17,18)19)6-7-12(13)14(2,3)4/h6-8,10H,5,9H2,1-4H3. The Balaban J connectivity index is 3.05. The highest BCUT2D eigenvalue weighted by Crippen LogP contribution is 2.36. The molecule has 0 saturated heterocycles. The van der Waals surface area contributed by atoms with Gasteiger partial charge in [-0.05, 0) is 23.5 Å². The number of halogens is 4. The Morgan fingerprint density at radius 2 is 1.76 bits per heavy atom. The van der Waals surface area contributed by atoms with Crippen molar-refractivity contribution in [1.29, 1.82) is 0 Å². The van der Waals surface area contributed by atoms with E-state index in [1.165, 1.54) is 12.1 Å². The van der Waals surface area contributed by atoms with E-state index in [1.807, 2.05) is 20.8 Å². The van der Waals surface area contributed by atoms with Crippen LogP contribution >= 0.6 is 0 Å². The van der Waals surface area contributed by atoms with Crippen molar-refractivity contribution in [1.82, 2.24) is 0 Å². The topological polar surface area (TPSA) is 18.5 Å². The lowest BCUT2D eigenvalue weighted by Gasteiger charge is -2.24. The molecule has 0 radical (unpaired) electrons. The summed E-state index contributed by atoms with van der Waals surface area (Å²) in [5.41, 5.74) is 0.352. The van der Waals surface area contributed by atoms with Gasteiger partial charge in [0.2, 0.25) is 0 Å². The number of hydrogen-bond acceptors (Lipinski definition) is 2. The summed E-state index contributed by atoms with van der Waals surface area (Å²) in [5, 5.41) is 0. The summed E-state index contributed by atoms with van der Waals surface area (Å²) in [6.45, 7) is 7.15. The molecule has 1 aromatic carbocycles. The molecule has 2 nitrogen and oxygen atoms in total. The quantitative estimate of drug-likeness (QED) is 0.712. The van der Waals surface area contributed by atoms with Gasteiger partial charge in [-0.1, -0.05) is 33.8 Å². The van der Waals surface area contributed by atoms with Gasteiger partial charge in [0.15, 0.2) is 0 Å². The number of hydrogen-bond donors (Lipinski definition) is 0. The first-order chi connectivity index (χ1) is 9.53. The summed E-state index contributed by atoms with van der Waals surface area (Å²) in [5.74, 6) is -0.169. The van der Waals surface area contributed by atoms with Crippen LogP contribution in [0.2, 0.25) is 0 Å². The first-order valence-electron chi connectivity index (χ1n) is 6.70. The molecular formula is C15H20F4O2. The molecule has 1 rings (SSSR count). The van der Waals surface area contributed by atoms with Crippen molar-refractivity contribution in [3.8, 4) is 11.5 Å². The minimum Gasteiger partial charge on any atom is -0.490 e. The molecule has 0 fully saturated rings. The average molecular weight is 308 g/mol. The Bertz CT molecular complexity index is 464. The highest BCUT2D eigenvalue weighted by Gasteiger charge is 2.32. The monoisotopic (exact) mass is 308 g/mol. The van der Waals surface area contributed by atoms with Crippen LogP contribution in [0.25, 0.3) is 0 Å². The number of ether oxygens (including phenoxy) is 2. The fourth-order valence-corrected chi connectivity index (χ4v) is 1.74. The average Bonchev–Trinajstić information content (AvgIpc) is 2.32. The summed E-state index contributed by atoms with van der Waals surface area (Å²) < 4.78 is 59.3. The molecule has 120 valence electrons. The third-order valence-electron chi connectivity index (χ3n) is 2.86. The molecule has 6 heteroatoms. The molecule has 0 amide bonds. The molecule has 0 aromatic heterocycles. The molecule has 0 spiro atoms. The lowest BCUT2D eigenvalue weighted by molar-refractivity contribution is -0.274. The third-order valence-corrected chi connectivity index (χ3v) is 2.86. The van der Waals surface area contributed by atoms with Gasteiger partial charge < -0.3 is 9.47 Å². The van der Waals surface area contributed by atoms with Crippen molar-refractivity contribution in [2.24, 2.45) is 0 Å². The van der Waals surface area contributed by atoms with Gasteiger partial charge in [-0.2, -0.15) is 0 Å². The molecule has 0 saturated carbocycles. The molecule has 1 unspecified atom stereocenters. The normalized spacial score (nSPS) is 13.9. The van der Waals surface area contributed by atoms with E-state index in [-0.39, 0.29) is 29.9 Å². The van der Waals surface area contributed by atoms with Crippen molar-refractivity contribution in [3.05, 3.63) is 23.8 Å². The molecule has 21 heavy (non-hydrogen) atoms. The van der Waals surface area contributed by atoms with Gasteiger partial charge in [-0.15, -0.1) is 13.2 Å². The SMILES string of the molecule is CCC(F)COc1cc(OC(F)(F)F)ccc1C(C)(C)C. The molecule has 1 atom stereocenters. The molecule has 0 aliphatic heterocycles. The van der Waals surface area contributed by atoms with E-state index in [4.69, 9.17) is 4.74 Å². The molecule has 0 N–H and O–H groups in total. The fraction of sp³-hybridized carbons (Fsp3) is 0.600. The van der Waals surface area contributed by atoms with Gasteiger partial charge >= 0.3 is 6.36 Å². The summed E-state index contributed by atoms with van der Waals surface area (Å²) in [4.78, 5) is 0. The summed E-state index contributed by atoms with van der Waals surface area (Å²) in [7, 11) is 0. The minimum atomic E-state index is -4.77. The lowest BCUT2D eigenvalue weighted by atomic mass is 9.86. The van der Waals surface area contributed by atoms with Gasteiger partial charge in [-0.3, -0.25) is 0 Å². The van der Waals surface area contributed by atoms with E-state index >= 15 is 0 Å². The molecule has 0 heterocycles. The third kappa shape index (κ3) is 5.81. The highest BCUT2D eigenvalue weighted by atomic mass is 19.4. The second-order valence-corrected chi connectivity index (χ2v) is 5.77. The van der Waals surface area contributed by atoms with Crippen LogP contribution in [0.1, 0.15) is 39.7 Å². The Labute approximate surface area is 122 Å². The Morgan fingerprint density at radius 1 is 1.14 bits per heavy atom. The summed E-state index contributed by atoms with van der Waals surface area (Å²) in [6, 6.07) is 3.89. The second-order valence-electron chi connectivity index (χ2n) is 5.77. The van der Waals surface area contributed by atoms with Crippen LogP contribution in [-0.4, -0.2) is 19.1 Å². The molecule has 0 aliphatic carbocycles. The number of benzene rings is 1. The largest absolute Gasteiger partial charge is 0.573 e. The van der Waals surface area contributed by atoms with Gasteiger partial charge in [0.25, 0.3) is 0 Å². The molecular weight excluding hydrogens is 288 g/mol. The predicted molar refractivity (Wildman–Crippen MR) is 72.5 cm³/mol. The molecule has 1 aromatic rings. The van der Waals surface area contributed by atoms with Crippen molar-refractivity contribution < 1.29 is 27.0 Å². The van der Waals surface area contributed by atoms with Crippen molar-refractivity contribution in [2.45, 2.75) is 52.1 Å². The van der Waals surface area contributed by atoms with Gasteiger partial charge in [0.1, 0.15) is 24.3 Å². The summed E-state index contributed by atoms with van der Waals surface area (Å²) in [6.07, 6.45) is -5.65. The molecule has 0 aliphatic rings. The van der Waals surface area contributed by atoms with E-state index in [0.29, 0.717) is 5.56 Å². The van der Waals surface area contributed by atoms with Crippen LogP contribution in [0.3, 0.4) is 0 Å². The minimum absolute atomic E-state index is 0.199. The number of rotatable bonds is 5. The van der Waals surface area contributed by atoms with Crippen molar-refractivity contribution >= 4 is 0 Å². The van der Waals surface area contributed by atoms with Crippen molar-refractivity contribution in [2.75, 3.05) is 6.61 Å². The maximum atomic E-state index is 13.3. The zero-order valence-corrected chi connectivity index (χ0v) is 12.6. The van der Waals surface area contributed by atoms with Gasteiger partial charge in [0, 0.05) is 6.07 Å². The first-order valence-corrected chi connectivity index (χ1v) is 6.70. The van der Waals surface area contributed by atoms with Gasteiger partial charge in [-0.25, -0.2) is 4.39 Å².